The van der Waals surface area contributed by atoms with Crippen LogP contribution in [0, 0.1) is 0 Å². The summed E-state index contributed by atoms with van der Waals surface area (Å²) < 4.78 is 4.98. The molecule has 6 heteroatoms. The predicted octanol–water partition coefficient (Wildman–Crippen LogP) is 1.56. The number of nitrogens with zero attached hydrogens (tertiary/aromatic N) is 2. The fourth-order valence-corrected chi connectivity index (χ4v) is 1.36. The van der Waals surface area contributed by atoms with Crippen LogP contribution in [0.2, 0.25) is 0 Å². The summed E-state index contributed by atoms with van der Waals surface area (Å²) in [5.74, 6) is -0.290. The maximum Gasteiger partial charge on any atom is 0.407 e. The summed E-state index contributed by atoms with van der Waals surface area (Å²) in [7, 11) is 0. The highest BCUT2D eigenvalue weighted by Crippen LogP contribution is 2.00. The molecule has 1 amide bonds. The Kier molecular flexibility index (Phi) is 6.61. The van der Waals surface area contributed by atoms with Gasteiger partial charge in [-0.15, -0.1) is 0 Å². The summed E-state index contributed by atoms with van der Waals surface area (Å²) in [5, 5.41) is 2.53. The zero-order chi connectivity index (χ0) is 13.9. The van der Waals surface area contributed by atoms with Crippen molar-refractivity contribution >= 4 is 18.1 Å². The van der Waals surface area contributed by atoms with Gasteiger partial charge < -0.3 is 15.6 Å². The van der Waals surface area contributed by atoms with E-state index in [0.29, 0.717) is 13.0 Å². The second-order valence-electron chi connectivity index (χ2n) is 3.80. The quantitative estimate of drug-likeness (QED) is 0.349. The van der Waals surface area contributed by atoms with Crippen LogP contribution in [0.4, 0.5) is 4.79 Å². The smallest absolute Gasteiger partial charge is 0.407 e. The first-order chi connectivity index (χ1) is 9.22. The largest absolute Gasteiger partial charge is 0.445 e. The lowest BCUT2D eigenvalue weighted by molar-refractivity contribution is -0.116. The number of Topliss-reactive ketones (excluding diaryl/α,β-unsaturated/α-hetero) is 1. The molecule has 0 aliphatic carbocycles. The summed E-state index contributed by atoms with van der Waals surface area (Å²) in [6.45, 7) is 0.543. The average Bonchev–Trinajstić information content (AvgIpc) is 2.43. The molecule has 0 unspecified atom stereocenters. The molecule has 1 aromatic carbocycles. The first-order valence-electron chi connectivity index (χ1n) is 5.87. The Bertz CT molecular complexity index is 467. The summed E-state index contributed by atoms with van der Waals surface area (Å²) in [6, 6.07) is 9.34. The van der Waals surface area contributed by atoms with Crippen LogP contribution in [0.25, 0.3) is 5.53 Å². The van der Waals surface area contributed by atoms with E-state index in [1.807, 2.05) is 30.3 Å². The Labute approximate surface area is 111 Å². The summed E-state index contributed by atoms with van der Waals surface area (Å²) in [6.07, 6.45) is 0.995. The van der Waals surface area contributed by atoms with Gasteiger partial charge in [0.2, 0.25) is 5.78 Å². The third-order valence-corrected chi connectivity index (χ3v) is 2.28. The molecule has 1 N–H and O–H groups in total. The van der Waals surface area contributed by atoms with Gasteiger partial charge in [0.25, 0.3) is 0 Å². The van der Waals surface area contributed by atoms with E-state index in [-0.39, 0.29) is 18.8 Å². The fraction of sp³-hybridized carbons (Fsp3) is 0.308. The summed E-state index contributed by atoms with van der Waals surface area (Å²) in [5.41, 5.74) is 9.03. The predicted molar refractivity (Wildman–Crippen MR) is 68.6 cm³/mol. The molecule has 0 aliphatic heterocycles. The molecule has 0 atom stereocenters. The standard InChI is InChI=1S/C13H15N3O3/c14-16-9-12(17)7-4-8-15-13(18)19-10-11-5-2-1-3-6-11/h1-3,5-6,9H,4,7-8,10H2,(H,15,18). The fourth-order valence-electron chi connectivity index (χ4n) is 1.36. The zero-order valence-electron chi connectivity index (χ0n) is 10.4. The Morgan fingerprint density at radius 2 is 2.05 bits per heavy atom. The third-order valence-electron chi connectivity index (χ3n) is 2.28. The van der Waals surface area contributed by atoms with E-state index in [0.717, 1.165) is 11.8 Å². The molecule has 19 heavy (non-hydrogen) atoms. The van der Waals surface area contributed by atoms with Crippen LogP contribution in [0.1, 0.15) is 18.4 Å². The van der Waals surface area contributed by atoms with Gasteiger partial charge in [-0.25, -0.2) is 4.79 Å². The van der Waals surface area contributed by atoms with Crippen molar-refractivity contribution in [3.05, 3.63) is 41.4 Å². The average molecular weight is 261 g/mol. The molecule has 0 heterocycles. The molecule has 0 saturated heterocycles. The third kappa shape index (κ3) is 6.75. The minimum Gasteiger partial charge on any atom is -0.445 e. The van der Waals surface area contributed by atoms with Crippen molar-refractivity contribution in [1.29, 1.82) is 0 Å². The van der Waals surface area contributed by atoms with Crippen LogP contribution in [0.3, 0.4) is 0 Å². The van der Waals surface area contributed by atoms with E-state index in [2.05, 4.69) is 10.1 Å². The number of hydrogen-bond donors (Lipinski definition) is 1. The van der Waals surface area contributed by atoms with Crippen molar-refractivity contribution in [3.8, 4) is 0 Å². The van der Waals surface area contributed by atoms with Crippen molar-refractivity contribution in [2.75, 3.05) is 6.54 Å². The number of amides is 1. The van der Waals surface area contributed by atoms with Gasteiger partial charge in [-0.3, -0.25) is 4.79 Å². The van der Waals surface area contributed by atoms with Gasteiger partial charge in [-0.1, -0.05) is 30.3 Å². The molecule has 0 radical (unpaired) electrons. The molecule has 0 spiro atoms. The molecular weight excluding hydrogens is 246 g/mol. The molecule has 0 saturated carbocycles. The van der Waals surface area contributed by atoms with Gasteiger partial charge in [0.1, 0.15) is 6.61 Å². The highest BCUT2D eigenvalue weighted by molar-refractivity contribution is 6.25. The molecule has 1 aromatic rings. The number of rotatable bonds is 7. The molecule has 100 valence electrons. The van der Waals surface area contributed by atoms with Crippen molar-refractivity contribution in [3.63, 3.8) is 0 Å². The first-order valence-corrected chi connectivity index (χ1v) is 5.87. The van der Waals surface area contributed by atoms with E-state index >= 15 is 0 Å². The number of carbonyl (C=O) groups excluding carboxylic acids is 2. The van der Waals surface area contributed by atoms with E-state index in [1.165, 1.54) is 0 Å². The topological polar surface area (TPSA) is 91.8 Å². The van der Waals surface area contributed by atoms with Gasteiger partial charge >= 0.3 is 12.3 Å². The Morgan fingerprint density at radius 3 is 2.74 bits per heavy atom. The number of ether oxygens (including phenoxy) is 1. The van der Waals surface area contributed by atoms with E-state index in [1.54, 1.807) is 0 Å². The van der Waals surface area contributed by atoms with Gasteiger partial charge in [0.15, 0.2) is 0 Å². The van der Waals surface area contributed by atoms with E-state index in [4.69, 9.17) is 10.3 Å². The van der Waals surface area contributed by atoms with Gasteiger partial charge in [0, 0.05) is 13.0 Å². The second kappa shape index (κ2) is 8.60. The number of alkyl carbamates (subject to hydrolysis) is 1. The molecule has 1 rings (SSSR count). The number of nitrogens with one attached hydrogen (secondary N) is 1. The van der Waals surface area contributed by atoms with Crippen LogP contribution < -0.4 is 5.32 Å². The molecule has 0 bridgehead atoms. The summed E-state index contributed by atoms with van der Waals surface area (Å²) in [4.78, 5) is 24.9. The molecule has 0 aliphatic rings. The molecule has 0 aromatic heterocycles. The minimum atomic E-state index is -0.521. The number of hydrogen-bond acceptors (Lipinski definition) is 3. The van der Waals surface area contributed by atoms with Crippen LogP contribution in [0.15, 0.2) is 30.3 Å². The maximum absolute atomic E-state index is 11.3. The van der Waals surface area contributed by atoms with E-state index < -0.39 is 6.09 Å². The van der Waals surface area contributed by atoms with Crippen LogP contribution in [-0.4, -0.2) is 29.4 Å². The lowest BCUT2D eigenvalue weighted by atomic mass is 10.2. The van der Waals surface area contributed by atoms with Crippen LogP contribution >= 0.6 is 0 Å². The van der Waals surface area contributed by atoms with Crippen molar-refractivity contribution in [2.24, 2.45) is 0 Å². The lowest BCUT2D eigenvalue weighted by Gasteiger charge is -2.06. The van der Waals surface area contributed by atoms with Gasteiger partial charge in [-0.05, 0) is 12.0 Å². The zero-order valence-corrected chi connectivity index (χ0v) is 10.4. The number of benzene rings is 1. The maximum atomic E-state index is 11.3. The number of carbonyl (C=O) groups is 2. The molecule has 6 nitrogen and oxygen atoms in total. The minimum absolute atomic E-state index is 0.211. The van der Waals surface area contributed by atoms with E-state index in [9.17, 15) is 9.59 Å². The van der Waals surface area contributed by atoms with Gasteiger partial charge in [-0.2, -0.15) is 4.79 Å². The van der Waals surface area contributed by atoms with Crippen molar-refractivity contribution in [2.45, 2.75) is 19.4 Å². The highest BCUT2D eigenvalue weighted by Gasteiger charge is 2.04. The summed E-state index contributed by atoms with van der Waals surface area (Å²) >= 11 is 0. The first kappa shape index (κ1) is 14.6. The van der Waals surface area contributed by atoms with Crippen molar-refractivity contribution < 1.29 is 19.1 Å². The van der Waals surface area contributed by atoms with Crippen LogP contribution in [-0.2, 0) is 16.1 Å². The Morgan fingerprint density at radius 1 is 1.32 bits per heavy atom. The normalized spacial score (nSPS) is 9.26. The van der Waals surface area contributed by atoms with Gasteiger partial charge in [0.05, 0.1) is 0 Å². The number of ketones is 1. The molecular formula is C13H15N3O3. The Hall–Kier alpha value is -2.46. The van der Waals surface area contributed by atoms with Crippen molar-refractivity contribution in [1.82, 2.24) is 5.32 Å². The molecule has 0 fully saturated rings. The second-order valence-corrected chi connectivity index (χ2v) is 3.80. The monoisotopic (exact) mass is 261 g/mol. The highest BCUT2D eigenvalue weighted by atomic mass is 16.5. The SMILES string of the molecule is [N-]=[N+]=CC(=O)CCCNC(=O)OCc1ccccc1. The Balaban J connectivity index is 2.12. The van der Waals surface area contributed by atoms with Crippen LogP contribution in [0.5, 0.6) is 0 Å². The lowest BCUT2D eigenvalue weighted by Crippen LogP contribution is -2.25.